The van der Waals surface area contributed by atoms with Gasteiger partial charge in [0.1, 0.15) is 6.04 Å². The van der Waals surface area contributed by atoms with Gasteiger partial charge in [-0.2, -0.15) is 0 Å². The van der Waals surface area contributed by atoms with E-state index in [0.717, 1.165) is 37.9 Å². The second-order valence-electron chi connectivity index (χ2n) is 7.77. The van der Waals surface area contributed by atoms with Crippen molar-refractivity contribution < 1.29 is 14.3 Å². The summed E-state index contributed by atoms with van der Waals surface area (Å²) >= 11 is 12.1. The van der Waals surface area contributed by atoms with Crippen LogP contribution in [0.2, 0.25) is 10.0 Å². The van der Waals surface area contributed by atoms with E-state index in [1.165, 1.54) is 0 Å². The molecule has 0 aromatic heterocycles. The van der Waals surface area contributed by atoms with Crippen molar-refractivity contribution in [2.24, 2.45) is 0 Å². The monoisotopic (exact) mass is 424 g/mol. The van der Waals surface area contributed by atoms with Crippen molar-refractivity contribution in [2.45, 2.75) is 43.6 Å². The Morgan fingerprint density at radius 1 is 1.21 bits per heavy atom. The topological polar surface area (TPSA) is 42.0 Å². The van der Waals surface area contributed by atoms with Crippen LogP contribution in [0.4, 0.5) is 0 Å². The molecule has 7 heteroatoms. The predicted octanol–water partition coefficient (Wildman–Crippen LogP) is 3.53. The van der Waals surface area contributed by atoms with Crippen LogP contribution in [0.5, 0.6) is 0 Å². The van der Waals surface area contributed by atoms with Crippen molar-refractivity contribution in [1.29, 1.82) is 0 Å². The number of nitrogens with zero attached hydrogens (tertiary/aromatic N) is 2. The molecule has 1 aliphatic carbocycles. The number of ether oxygens (including phenoxy) is 2. The zero-order valence-corrected chi connectivity index (χ0v) is 17.6. The summed E-state index contributed by atoms with van der Waals surface area (Å²) in [5, 5.41) is 0.957. The number of benzene rings is 1. The van der Waals surface area contributed by atoms with Gasteiger partial charge in [-0.1, -0.05) is 41.4 Å². The molecule has 152 valence electrons. The first-order valence-corrected chi connectivity index (χ1v) is 10.6. The zero-order chi connectivity index (χ0) is 19.7. The van der Waals surface area contributed by atoms with E-state index in [9.17, 15) is 4.79 Å². The molecule has 1 spiro atoms. The van der Waals surface area contributed by atoms with E-state index in [1.54, 1.807) is 12.1 Å². The highest BCUT2D eigenvalue weighted by atomic mass is 35.5. The summed E-state index contributed by atoms with van der Waals surface area (Å²) in [6.07, 6.45) is 7.53. The van der Waals surface area contributed by atoms with Crippen molar-refractivity contribution in [1.82, 2.24) is 9.80 Å². The first kappa shape index (κ1) is 20.2. The number of amides is 1. The zero-order valence-electron chi connectivity index (χ0n) is 16.1. The number of carbonyl (C=O) groups is 1. The largest absolute Gasteiger partial charge is 0.345 e. The van der Waals surface area contributed by atoms with Crippen LogP contribution in [0.1, 0.15) is 24.8 Å². The van der Waals surface area contributed by atoms with Gasteiger partial charge >= 0.3 is 0 Å². The van der Waals surface area contributed by atoms with Crippen LogP contribution < -0.4 is 0 Å². The fourth-order valence-corrected chi connectivity index (χ4v) is 5.07. The summed E-state index contributed by atoms with van der Waals surface area (Å²) in [5.41, 5.74) is 0.851. The normalized spacial score (nSPS) is 26.8. The Labute approximate surface area is 176 Å². The average molecular weight is 425 g/mol. The molecule has 28 heavy (non-hydrogen) atoms. The molecule has 1 amide bonds. The van der Waals surface area contributed by atoms with Crippen molar-refractivity contribution >= 4 is 29.1 Å². The highest BCUT2D eigenvalue weighted by Crippen LogP contribution is 2.41. The average Bonchev–Trinajstić information content (AvgIpc) is 3.37. The fraction of sp³-hybridized carbons (Fsp3) is 0.571. The molecule has 2 aliphatic heterocycles. The fourth-order valence-electron chi connectivity index (χ4n) is 4.75. The third-order valence-corrected chi connectivity index (χ3v) is 6.82. The first-order chi connectivity index (χ1) is 13.5. The Kier molecular flexibility index (Phi) is 6.00. The minimum atomic E-state index is -0.701. The molecule has 1 saturated carbocycles. The molecule has 1 aromatic rings. The first-order valence-electron chi connectivity index (χ1n) is 9.87. The lowest BCUT2D eigenvalue weighted by Crippen LogP contribution is -2.65. The molecule has 0 radical (unpaired) electrons. The van der Waals surface area contributed by atoms with E-state index < -0.39 is 5.79 Å². The molecule has 0 bridgehead atoms. The summed E-state index contributed by atoms with van der Waals surface area (Å²) in [7, 11) is 1.87. The SMILES string of the molecule is CN(C(=O)Cc1ccc(Cl)c(Cl)c1)[C@@H]1[C@@H](N2CC=CC2)CCCC12OCCO2. The second-order valence-corrected chi connectivity index (χ2v) is 8.58. The highest BCUT2D eigenvalue weighted by molar-refractivity contribution is 6.42. The molecule has 4 rings (SSSR count). The van der Waals surface area contributed by atoms with Gasteiger partial charge < -0.3 is 14.4 Å². The number of likely N-dealkylation sites (N-methyl/N-ethyl adjacent to an activating group) is 1. The summed E-state index contributed by atoms with van der Waals surface area (Å²) in [5.74, 6) is -0.672. The predicted molar refractivity (Wildman–Crippen MR) is 110 cm³/mol. The lowest BCUT2D eigenvalue weighted by molar-refractivity contribution is -0.229. The third kappa shape index (κ3) is 3.83. The Morgan fingerprint density at radius 3 is 2.61 bits per heavy atom. The highest BCUT2D eigenvalue weighted by Gasteiger charge is 2.54. The van der Waals surface area contributed by atoms with E-state index in [4.69, 9.17) is 32.7 Å². The van der Waals surface area contributed by atoms with Gasteiger partial charge in [0.25, 0.3) is 0 Å². The van der Waals surface area contributed by atoms with E-state index in [1.807, 2.05) is 18.0 Å². The molecule has 2 fully saturated rings. The third-order valence-electron chi connectivity index (χ3n) is 6.08. The number of hydrogen-bond acceptors (Lipinski definition) is 4. The van der Waals surface area contributed by atoms with Gasteiger partial charge in [0.2, 0.25) is 5.91 Å². The van der Waals surface area contributed by atoms with Gasteiger partial charge in [0.15, 0.2) is 5.79 Å². The molecule has 1 saturated heterocycles. The number of carbonyl (C=O) groups excluding carboxylic acids is 1. The van der Waals surface area contributed by atoms with Gasteiger partial charge in [-0.25, -0.2) is 0 Å². The lowest BCUT2D eigenvalue weighted by atomic mass is 9.82. The summed E-state index contributed by atoms with van der Waals surface area (Å²) in [4.78, 5) is 17.5. The molecule has 3 aliphatic rings. The maximum absolute atomic E-state index is 13.2. The van der Waals surface area contributed by atoms with Crippen molar-refractivity contribution in [3.8, 4) is 0 Å². The molecule has 5 nitrogen and oxygen atoms in total. The summed E-state index contributed by atoms with van der Waals surface area (Å²) in [6, 6.07) is 5.41. The molecule has 1 aromatic carbocycles. The number of rotatable bonds is 4. The molecule has 0 N–H and O–H groups in total. The maximum atomic E-state index is 13.2. The van der Waals surface area contributed by atoms with Gasteiger partial charge in [0.05, 0.1) is 29.7 Å². The van der Waals surface area contributed by atoms with Gasteiger partial charge in [-0.05, 0) is 30.5 Å². The maximum Gasteiger partial charge on any atom is 0.227 e. The van der Waals surface area contributed by atoms with Crippen LogP contribution in [0.3, 0.4) is 0 Å². The summed E-state index contributed by atoms with van der Waals surface area (Å²) in [6.45, 7) is 2.98. The van der Waals surface area contributed by atoms with Crippen LogP contribution in [-0.2, 0) is 20.7 Å². The Bertz CT molecular complexity index is 756. The van der Waals surface area contributed by atoms with E-state index in [2.05, 4.69) is 17.1 Å². The number of halogens is 2. The Balaban J connectivity index is 1.57. The minimum absolute atomic E-state index is 0.0286. The molecular weight excluding hydrogens is 399 g/mol. The number of hydrogen-bond donors (Lipinski definition) is 0. The smallest absolute Gasteiger partial charge is 0.227 e. The van der Waals surface area contributed by atoms with Crippen molar-refractivity contribution in [3.63, 3.8) is 0 Å². The standard InChI is InChI=1S/C21H26Cl2N2O3/c1-24(19(26)14-15-6-7-16(22)17(23)13-15)20-18(25-9-2-3-10-25)5-4-8-21(20)27-11-12-28-21/h2-3,6-7,13,18,20H,4-5,8-12,14H2,1H3/t18-,20+/m0/s1. The van der Waals surface area contributed by atoms with Crippen LogP contribution in [-0.4, -0.2) is 66.9 Å². The van der Waals surface area contributed by atoms with Gasteiger partial charge in [-0.15, -0.1) is 0 Å². The second kappa shape index (κ2) is 8.33. The van der Waals surface area contributed by atoms with Gasteiger partial charge in [0, 0.05) is 32.6 Å². The van der Waals surface area contributed by atoms with Crippen LogP contribution >= 0.6 is 23.2 Å². The van der Waals surface area contributed by atoms with E-state index >= 15 is 0 Å². The minimum Gasteiger partial charge on any atom is -0.345 e. The van der Waals surface area contributed by atoms with Crippen LogP contribution in [0.15, 0.2) is 30.4 Å². The summed E-state index contributed by atoms with van der Waals surface area (Å²) < 4.78 is 12.3. The van der Waals surface area contributed by atoms with Crippen molar-refractivity contribution in [2.75, 3.05) is 33.4 Å². The van der Waals surface area contributed by atoms with Crippen LogP contribution in [0.25, 0.3) is 0 Å². The quantitative estimate of drug-likeness (QED) is 0.693. The molecule has 2 heterocycles. The molecule has 0 unspecified atom stereocenters. The molecular formula is C21H26Cl2N2O3. The van der Waals surface area contributed by atoms with E-state index in [-0.39, 0.29) is 24.4 Å². The lowest BCUT2D eigenvalue weighted by Gasteiger charge is -2.50. The van der Waals surface area contributed by atoms with E-state index in [0.29, 0.717) is 23.3 Å². The van der Waals surface area contributed by atoms with Crippen LogP contribution in [0, 0.1) is 0 Å². The van der Waals surface area contributed by atoms with Gasteiger partial charge in [-0.3, -0.25) is 9.69 Å². The molecule has 2 atom stereocenters. The Morgan fingerprint density at radius 2 is 1.93 bits per heavy atom. The Hall–Kier alpha value is -1.11. The van der Waals surface area contributed by atoms with Crippen molar-refractivity contribution in [3.05, 3.63) is 46.0 Å².